The Labute approximate surface area is 128 Å². The highest BCUT2D eigenvalue weighted by molar-refractivity contribution is 5.96. The van der Waals surface area contributed by atoms with E-state index in [9.17, 15) is 9.59 Å². The van der Waals surface area contributed by atoms with E-state index in [0.717, 1.165) is 6.42 Å². The van der Waals surface area contributed by atoms with Crippen molar-refractivity contribution >= 4 is 11.8 Å². The number of hydrogen-bond donors (Lipinski definition) is 1. The molecule has 1 fully saturated rings. The van der Waals surface area contributed by atoms with E-state index in [0.29, 0.717) is 18.7 Å². The molecular weight excluding hydrogens is 284 g/mol. The minimum Gasteiger partial charge on any atom is -0.467 e. The molecule has 2 atom stereocenters. The van der Waals surface area contributed by atoms with Crippen molar-refractivity contribution in [2.45, 2.75) is 31.8 Å². The van der Waals surface area contributed by atoms with Gasteiger partial charge in [0.1, 0.15) is 11.8 Å². The van der Waals surface area contributed by atoms with Crippen LogP contribution in [0.5, 0.6) is 0 Å². The summed E-state index contributed by atoms with van der Waals surface area (Å²) in [5.41, 5.74) is 0. The van der Waals surface area contributed by atoms with Crippen LogP contribution in [0.4, 0.5) is 0 Å². The van der Waals surface area contributed by atoms with Gasteiger partial charge in [0.05, 0.1) is 18.6 Å². The Morgan fingerprint density at radius 1 is 1.27 bits per heavy atom. The molecule has 0 unspecified atom stereocenters. The molecule has 0 aliphatic carbocycles. The maximum absolute atomic E-state index is 12.5. The van der Waals surface area contributed by atoms with E-state index < -0.39 is 6.04 Å². The Morgan fingerprint density at radius 3 is 2.73 bits per heavy atom. The fraction of sp³-hybridized carbons (Fsp3) is 0.375. The topological polar surface area (TPSA) is 75.7 Å². The smallest absolute Gasteiger partial charge is 0.290 e. The molecule has 0 saturated carbocycles. The van der Waals surface area contributed by atoms with E-state index >= 15 is 0 Å². The molecule has 3 heterocycles. The molecule has 1 N–H and O–H groups in total. The summed E-state index contributed by atoms with van der Waals surface area (Å²) in [5, 5.41) is 2.90. The minimum absolute atomic E-state index is 0.165. The van der Waals surface area contributed by atoms with E-state index in [1.54, 1.807) is 29.4 Å². The summed E-state index contributed by atoms with van der Waals surface area (Å²) in [6.07, 6.45) is 4.49. The van der Waals surface area contributed by atoms with Crippen LogP contribution in [-0.4, -0.2) is 29.3 Å². The number of rotatable bonds is 4. The highest BCUT2D eigenvalue weighted by atomic mass is 16.3. The maximum Gasteiger partial charge on any atom is 0.290 e. The van der Waals surface area contributed by atoms with Crippen molar-refractivity contribution < 1.29 is 18.4 Å². The molecule has 0 radical (unpaired) electrons. The zero-order valence-electron chi connectivity index (χ0n) is 12.3. The summed E-state index contributed by atoms with van der Waals surface area (Å²) < 4.78 is 10.4. The SMILES string of the molecule is C[C@@H](NC(=O)[C@@H]1CCCN1C(=O)c1ccco1)c1ccco1. The molecule has 0 spiro atoms. The second kappa shape index (κ2) is 6.09. The lowest BCUT2D eigenvalue weighted by atomic mass is 10.1. The van der Waals surface area contributed by atoms with E-state index in [4.69, 9.17) is 8.83 Å². The molecule has 0 bridgehead atoms. The van der Waals surface area contributed by atoms with E-state index in [1.165, 1.54) is 6.26 Å². The van der Waals surface area contributed by atoms with Gasteiger partial charge in [0.2, 0.25) is 5.91 Å². The number of nitrogens with zero attached hydrogens (tertiary/aromatic N) is 1. The van der Waals surface area contributed by atoms with Crippen LogP contribution < -0.4 is 5.32 Å². The fourth-order valence-corrected chi connectivity index (χ4v) is 2.74. The largest absolute Gasteiger partial charge is 0.467 e. The number of furan rings is 2. The monoisotopic (exact) mass is 302 g/mol. The van der Waals surface area contributed by atoms with Gasteiger partial charge in [0.25, 0.3) is 5.91 Å². The molecular formula is C16H18N2O4. The molecule has 6 heteroatoms. The summed E-state index contributed by atoms with van der Waals surface area (Å²) in [6, 6.07) is 6.17. The van der Waals surface area contributed by atoms with Crippen LogP contribution in [0.1, 0.15) is 42.1 Å². The van der Waals surface area contributed by atoms with Crippen LogP contribution in [0.15, 0.2) is 45.6 Å². The third-order valence-electron chi connectivity index (χ3n) is 3.88. The normalized spacial score (nSPS) is 19.1. The van der Waals surface area contributed by atoms with Crippen LogP contribution in [0.2, 0.25) is 0 Å². The molecule has 2 aromatic rings. The summed E-state index contributed by atoms with van der Waals surface area (Å²) in [6.45, 7) is 2.41. The van der Waals surface area contributed by atoms with Gasteiger partial charge in [-0.1, -0.05) is 0 Å². The second-order valence-corrected chi connectivity index (χ2v) is 5.38. The Hall–Kier alpha value is -2.50. The van der Waals surface area contributed by atoms with Crippen molar-refractivity contribution in [3.05, 3.63) is 48.3 Å². The lowest BCUT2D eigenvalue weighted by Crippen LogP contribution is -2.46. The van der Waals surface area contributed by atoms with Crippen LogP contribution in [0, 0.1) is 0 Å². The molecule has 1 aliphatic rings. The zero-order valence-corrected chi connectivity index (χ0v) is 12.3. The first-order valence-corrected chi connectivity index (χ1v) is 7.35. The standard InChI is InChI=1S/C16H18N2O4/c1-11(13-6-3-9-21-13)17-15(19)12-5-2-8-18(12)16(20)14-7-4-10-22-14/h3-4,6-7,9-12H,2,5,8H2,1H3,(H,17,19)/t11-,12+/m1/s1. The summed E-state index contributed by atoms with van der Waals surface area (Å²) >= 11 is 0. The lowest BCUT2D eigenvalue weighted by molar-refractivity contribution is -0.125. The number of nitrogens with one attached hydrogen (secondary N) is 1. The number of hydrogen-bond acceptors (Lipinski definition) is 4. The van der Waals surface area contributed by atoms with Crippen molar-refractivity contribution in [3.63, 3.8) is 0 Å². The van der Waals surface area contributed by atoms with Crippen molar-refractivity contribution in [1.29, 1.82) is 0 Å². The minimum atomic E-state index is -0.463. The average molecular weight is 302 g/mol. The first kappa shape index (κ1) is 14.4. The van der Waals surface area contributed by atoms with E-state index in [2.05, 4.69) is 5.32 Å². The molecule has 116 valence electrons. The number of amides is 2. The molecule has 0 aromatic carbocycles. The van der Waals surface area contributed by atoms with Crippen LogP contribution in [0.3, 0.4) is 0 Å². The molecule has 2 amide bonds. The first-order valence-electron chi connectivity index (χ1n) is 7.35. The zero-order chi connectivity index (χ0) is 15.5. The second-order valence-electron chi connectivity index (χ2n) is 5.38. The lowest BCUT2D eigenvalue weighted by Gasteiger charge is -2.24. The first-order chi connectivity index (χ1) is 10.7. The predicted molar refractivity (Wildman–Crippen MR) is 78.0 cm³/mol. The molecule has 1 aliphatic heterocycles. The number of carbonyl (C=O) groups is 2. The van der Waals surface area contributed by atoms with Gasteiger partial charge in [-0.3, -0.25) is 9.59 Å². The molecule has 6 nitrogen and oxygen atoms in total. The Balaban J connectivity index is 1.67. The molecule has 3 rings (SSSR count). The van der Waals surface area contributed by atoms with Crippen LogP contribution in [0.25, 0.3) is 0 Å². The van der Waals surface area contributed by atoms with Crippen LogP contribution in [-0.2, 0) is 4.79 Å². The number of likely N-dealkylation sites (tertiary alicyclic amines) is 1. The Bertz CT molecular complexity index is 633. The van der Waals surface area contributed by atoms with Gasteiger partial charge in [0.15, 0.2) is 5.76 Å². The van der Waals surface area contributed by atoms with Crippen molar-refractivity contribution in [2.24, 2.45) is 0 Å². The summed E-state index contributed by atoms with van der Waals surface area (Å²) in [4.78, 5) is 26.4. The average Bonchev–Trinajstić information content (AvgIpc) is 3.27. The van der Waals surface area contributed by atoms with E-state index in [-0.39, 0.29) is 23.6 Å². The maximum atomic E-state index is 12.5. The highest BCUT2D eigenvalue weighted by Crippen LogP contribution is 2.22. The molecule has 1 saturated heterocycles. The van der Waals surface area contributed by atoms with Gasteiger partial charge in [-0.05, 0) is 44.0 Å². The van der Waals surface area contributed by atoms with Crippen LogP contribution >= 0.6 is 0 Å². The van der Waals surface area contributed by atoms with E-state index in [1.807, 2.05) is 13.0 Å². The van der Waals surface area contributed by atoms with Crippen molar-refractivity contribution in [3.8, 4) is 0 Å². The Kier molecular flexibility index (Phi) is 4.00. The summed E-state index contributed by atoms with van der Waals surface area (Å²) in [7, 11) is 0. The third kappa shape index (κ3) is 2.77. The molecule has 2 aromatic heterocycles. The van der Waals surface area contributed by atoms with Gasteiger partial charge >= 0.3 is 0 Å². The third-order valence-corrected chi connectivity index (χ3v) is 3.88. The predicted octanol–water partition coefficient (Wildman–Crippen LogP) is 2.35. The fourth-order valence-electron chi connectivity index (χ4n) is 2.74. The number of carbonyl (C=O) groups excluding carboxylic acids is 2. The Morgan fingerprint density at radius 2 is 2.05 bits per heavy atom. The van der Waals surface area contributed by atoms with Crippen molar-refractivity contribution in [1.82, 2.24) is 10.2 Å². The van der Waals surface area contributed by atoms with Gasteiger partial charge < -0.3 is 19.1 Å². The van der Waals surface area contributed by atoms with Gasteiger partial charge in [0, 0.05) is 6.54 Å². The summed E-state index contributed by atoms with van der Waals surface area (Å²) in [5.74, 6) is 0.545. The van der Waals surface area contributed by atoms with Gasteiger partial charge in [-0.25, -0.2) is 0 Å². The molecule has 22 heavy (non-hydrogen) atoms. The quantitative estimate of drug-likeness (QED) is 0.940. The van der Waals surface area contributed by atoms with Gasteiger partial charge in [-0.2, -0.15) is 0 Å². The highest BCUT2D eigenvalue weighted by Gasteiger charge is 2.36. The van der Waals surface area contributed by atoms with Crippen molar-refractivity contribution in [2.75, 3.05) is 6.54 Å². The van der Waals surface area contributed by atoms with Gasteiger partial charge in [-0.15, -0.1) is 0 Å².